The molecule has 3 rings (SSSR count). The number of non-ortho nitro benzene ring substituents is 1. The van der Waals surface area contributed by atoms with E-state index in [2.05, 4.69) is 5.32 Å². The number of esters is 1. The predicted molar refractivity (Wildman–Crippen MR) is 116 cm³/mol. The zero-order chi connectivity index (χ0) is 21.7. The molecule has 154 valence electrons. The molecule has 0 saturated heterocycles. The van der Waals surface area contributed by atoms with E-state index in [1.54, 1.807) is 6.92 Å². The molecule has 1 heterocycles. The second kappa shape index (κ2) is 9.32. The Morgan fingerprint density at radius 3 is 2.57 bits per heavy atom. The van der Waals surface area contributed by atoms with Crippen LogP contribution in [0.5, 0.6) is 0 Å². The first-order valence-electron chi connectivity index (χ1n) is 9.28. The van der Waals surface area contributed by atoms with Crippen molar-refractivity contribution in [2.45, 2.75) is 13.8 Å². The molecule has 0 unspecified atom stereocenters. The average Bonchev–Trinajstić information content (AvgIpc) is 3.17. The molecule has 0 aliphatic rings. The number of hydrogen-bond donors (Lipinski definition) is 1. The predicted octanol–water partition coefficient (Wildman–Crippen LogP) is 5.10. The molecule has 0 spiro atoms. The molecule has 0 radical (unpaired) electrons. The van der Waals surface area contributed by atoms with E-state index in [-0.39, 0.29) is 30.2 Å². The third kappa shape index (κ3) is 4.72. The van der Waals surface area contributed by atoms with Crippen molar-refractivity contribution < 1.29 is 19.2 Å². The van der Waals surface area contributed by atoms with Gasteiger partial charge in [-0.2, -0.15) is 0 Å². The van der Waals surface area contributed by atoms with Crippen LogP contribution in [0.3, 0.4) is 0 Å². The second-order valence-corrected chi connectivity index (χ2v) is 7.40. The topological polar surface area (TPSA) is 98.5 Å². The summed E-state index contributed by atoms with van der Waals surface area (Å²) < 4.78 is 5.21. The molecule has 8 heteroatoms. The molecule has 0 bridgehead atoms. The Labute approximate surface area is 177 Å². The fraction of sp³-hybridized carbons (Fsp3) is 0.182. The zero-order valence-corrected chi connectivity index (χ0v) is 17.3. The number of benzene rings is 2. The average molecular weight is 424 g/mol. The number of carbonyl (C=O) groups is 2. The number of hydrogen-bond acceptors (Lipinski definition) is 7. The first-order valence-corrected chi connectivity index (χ1v) is 10.2. The van der Waals surface area contributed by atoms with E-state index in [1.807, 2.05) is 36.6 Å². The summed E-state index contributed by atoms with van der Waals surface area (Å²) >= 11 is 1.30. The number of anilines is 1. The smallest absolute Gasteiger partial charge is 0.341 e. The maximum absolute atomic E-state index is 12.6. The van der Waals surface area contributed by atoms with Gasteiger partial charge in [0.2, 0.25) is 0 Å². The molecule has 1 aromatic heterocycles. The number of nitrogens with one attached hydrogen (secondary N) is 1. The number of thiophene rings is 1. The lowest BCUT2D eigenvalue weighted by Gasteiger charge is -2.09. The van der Waals surface area contributed by atoms with Crippen LogP contribution in [0.25, 0.3) is 11.1 Å². The maximum Gasteiger partial charge on any atom is 0.341 e. The number of nitro groups is 1. The van der Waals surface area contributed by atoms with Gasteiger partial charge in [0, 0.05) is 28.6 Å². The minimum absolute atomic E-state index is 0.110. The molecule has 2 aromatic carbocycles. The summed E-state index contributed by atoms with van der Waals surface area (Å²) in [6, 6.07) is 13.3. The van der Waals surface area contributed by atoms with E-state index in [1.165, 1.54) is 35.6 Å². The molecule has 1 N–H and O–H groups in total. The van der Waals surface area contributed by atoms with Crippen molar-refractivity contribution in [2.24, 2.45) is 0 Å². The molecule has 30 heavy (non-hydrogen) atoms. The highest BCUT2D eigenvalue weighted by atomic mass is 32.1. The first kappa shape index (κ1) is 21.2. The summed E-state index contributed by atoms with van der Waals surface area (Å²) in [6.07, 6.45) is 0. The van der Waals surface area contributed by atoms with Crippen molar-refractivity contribution in [1.29, 1.82) is 0 Å². The number of nitro benzene ring substituents is 1. The van der Waals surface area contributed by atoms with Crippen LogP contribution in [-0.4, -0.2) is 29.8 Å². The third-order valence-electron chi connectivity index (χ3n) is 4.42. The Balaban J connectivity index is 1.86. The monoisotopic (exact) mass is 424 g/mol. The fourth-order valence-electron chi connectivity index (χ4n) is 2.90. The van der Waals surface area contributed by atoms with E-state index < -0.39 is 10.9 Å². The number of ketones is 1. The molecule has 0 saturated carbocycles. The molecule has 0 aliphatic carbocycles. The lowest BCUT2D eigenvalue weighted by molar-refractivity contribution is -0.384. The summed E-state index contributed by atoms with van der Waals surface area (Å²) in [6.45, 7) is 3.83. The number of Topliss-reactive ketones (excluding diaryl/α,β-unsaturated/α-hetero) is 1. The summed E-state index contributed by atoms with van der Waals surface area (Å²) in [5.41, 5.74) is 3.15. The van der Waals surface area contributed by atoms with Gasteiger partial charge < -0.3 is 10.1 Å². The number of rotatable bonds is 8. The van der Waals surface area contributed by atoms with E-state index in [9.17, 15) is 19.7 Å². The number of carbonyl (C=O) groups excluding carboxylic acids is 2. The maximum atomic E-state index is 12.6. The number of ether oxygens (including phenoxy) is 1. The van der Waals surface area contributed by atoms with Crippen molar-refractivity contribution >= 4 is 33.8 Å². The molecule has 0 aliphatic heterocycles. The van der Waals surface area contributed by atoms with Crippen LogP contribution >= 0.6 is 11.3 Å². The van der Waals surface area contributed by atoms with Gasteiger partial charge in [0.1, 0.15) is 10.6 Å². The normalized spacial score (nSPS) is 10.5. The van der Waals surface area contributed by atoms with Gasteiger partial charge in [-0.25, -0.2) is 4.79 Å². The molecule has 7 nitrogen and oxygen atoms in total. The number of aryl methyl sites for hydroxylation is 1. The largest absolute Gasteiger partial charge is 0.462 e. The Bertz CT molecular complexity index is 1090. The lowest BCUT2D eigenvalue weighted by atomic mass is 10.0. The quantitative estimate of drug-likeness (QED) is 0.234. The zero-order valence-electron chi connectivity index (χ0n) is 16.5. The molecule has 0 atom stereocenters. The van der Waals surface area contributed by atoms with Crippen molar-refractivity contribution in [1.82, 2.24) is 0 Å². The highest BCUT2D eigenvalue weighted by Gasteiger charge is 2.22. The van der Waals surface area contributed by atoms with Gasteiger partial charge >= 0.3 is 5.97 Å². The van der Waals surface area contributed by atoms with Crippen LogP contribution in [0, 0.1) is 17.0 Å². The Hall–Kier alpha value is -3.52. The van der Waals surface area contributed by atoms with Gasteiger partial charge in [0.15, 0.2) is 5.78 Å². The van der Waals surface area contributed by atoms with Crippen molar-refractivity contribution in [3.05, 3.63) is 80.7 Å². The van der Waals surface area contributed by atoms with E-state index in [0.717, 1.165) is 16.7 Å². The number of nitrogens with zero attached hydrogens (tertiary/aromatic N) is 1. The van der Waals surface area contributed by atoms with Crippen LogP contribution in [0.15, 0.2) is 53.9 Å². The van der Waals surface area contributed by atoms with Crippen molar-refractivity contribution in [3.63, 3.8) is 0 Å². The highest BCUT2D eigenvalue weighted by molar-refractivity contribution is 7.15. The van der Waals surface area contributed by atoms with E-state index in [0.29, 0.717) is 10.6 Å². The van der Waals surface area contributed by atoms with Gasteiger partial charge in [0.25, 0.3) is 5.69 Å². The Morgan fingerprint density at radius 2 is 1.90 bits per heavy atom. The second-order valence-electron chi connectivity index (χ2n) is 6.52. The lowest BCUT2D eigenvalue weighted by Crippen LogP contribution is -2.16. The minimum Gasteiger partial charge on any atom is -0.462 e. The van der Waals surface area contributed by atoms with Gasteiger partial charge in [0.05, 0.1) is 18.1 Å². The van der Waals surface area contributed by atoms with Crippen LogP contribution in [0.2, 0.25) is 0 Å². The molecule has 0 fully saturated rings. The standard InChI is InChI=1S/C22H20N2O5S/c1-3-29-22(26)20-18(15-9-7-14(2)8-10-15)13-30-21(20)23-12-19(25)16-5-4-6-17(11-16)24(27)28/h4-11,13,23H,3,12H2,1-2H3. The van der Waals surface area contributed by atoms with E-state index in [4.69, 9.17) is 4.74 Å². The van der Waals surface area contributed by atoms with Crippen molar-refractivity contribution in [2.75, 3.05) is 18.5 Å². The van der Waals surface area contributed by atoms with Gasteiger partial charge in [-0.15, -0.1) is 11.3 Å². The molecular formula is C22H20N2O5S. The minimum atomic E-state index is -0.545. The Morgan fingerprint density at radius 1 is 1.17 bits per heavy atom. The van der Waals surface area contributed by atoms with Gasteiger partial charge in [-0.3, -0.25) is 14.9 Å². The van der Waals surface area contributed by atoms with Crippen LogP contribution in [-0.2, 0) is 4.74 Å². The van der Waals surface area contributed by atoms with Crippen LogP contribution in [0.4, 0.5) is 10.7 Å². The fourth-order valence-corrected chi connectivity index (χ4v) is 3.85. The van der Waals surface area contributed by atoms with E-state index >= 15 is 0 Å². The third-order valence-corrected chi connectivity index (χ3v) is 5.36. The molecule has 3 aromatic rings. The summed E-state index contributed by atoms with van der Waals surface area (Å²) in [5.74, 6) is -0.793. The van der Waals surface area contributed by atoms with Crippen LogP contribution < -0.4 is 5.32 Å². The van der Waals surface area contributed by atoms with Crippen molar-refractivity contribution in [3.8, 4) is 11.1 Å². The Kier molecular flexibility index (Phi) is 6.58. The van der Waals surface area contributed by atoms with Gasteiger partial charge in [-0.05, 0) is 19.4 Å². The summed E-state index contributed by atoms with van der Waals surface area (Å²) in [5, 5.41) is 16.3. The van der Waals surface area contributed by atoms with Crippen LogP contribution in [0.1, 0.15) is 33.2 Å². The summed E-state index contributed by atoms with van der Waals surface area (Å²) in [4.78, 5) is 35.5. The first-order chi connectivity index (χ1) is 14.4. The summed E-state index contributed by atoms with van der Waals surface area (Å²) in [7, 11) is 0. The SMILES string of the molecule is CCOC(=O)c1c(-c2ccc(C)cc2)csc1NCC(=O)c1cccc([N+](=O)[O-])c1. The van der Waals surface area contributed by atoms with Gasteiger partial charge in [-0.1, -0.05) is 42.0 Å². The highest BCUT2D eigenvalue weighted by Crippen LogP contribution is 2.36. The molecule has 0 amide bonds. The molecular weight excluding hydrogens is 404 g/mol.